The van der Waals surface area contributed by atoms with E-state index in [1.807, 2.05) is 6.07 Å². The van der Waals surface area contributed by atoms with Gasteiger partial charge >= 0.3 is 0 Å². The Hall–Kier alpha value is -1.13. The lowest BCUT2D eigenvalue weighted by Gasteiger charge is -2.09. The van der Waals surface area contributed by atoms with E-state index in [1.165, 1.54) is 12.1 Å². The van der Waals surface area contributed by atoms with Crippen molar-refractivity contribution in [3.05, 3.63) is 46.4 Å². The lowest BCUT2D eigenvalue weighted by Crippen LogP contribution is -2.14. The van der Waals surface area contributed by atoms with E-state index in [-0.39, 0.29) is 5.82 Å². The van der Waals surface area contributed by atoms with Crippen LogP contribution in [-0.4, -0.2) is 6.54 Å². The molecule has 0 aliphatic heterocycles. The molecule has 1 aromatic carbocycles. The Bertz CT molecular complexity index is 524. The molecule has 96 valence electrons. The topological polar surface area (TPSA) is 25.2 Å². The molecule has 4 heteroatoms. The Morgan fingerprint density at radius 3 is 2.83 bits per heavy atom. The van der Waals surface area contributed by atoms with Gasteiger partial charge in [0.2, 0.25) is 0 Å². The van der Waals surface area contributed by atoms with E-state index in [1.54, 1.807) is 12.3 Å². The smallest absolute Gasteiger partial charge is 0.148 e. The average Bonchev–Trinajstić information content (AvgIpc) is 2.77. The van der Waals surface area contributed by atoms with Gasteiger partial charge < -0.3 is 9.73 Å². The molecule has 0 atom stereocenters. The highest BCUT2D eigenvalue weighted by Crippen LogP contribution is 2.32. The number of rotatable bonds is 5. The Labute approximate surface area is 114 Å². The summed E-state index contributed by atoms with van der Waals surface area (Å²) < 4.78 is 19.6. The molecule has 0 amide bonds. The molecule has 0 fully saturated rings. The molecule has 1 aromatic heterocycles. The second-order valence-electron chi connectivity index (χ2n) is 4.08. The fourth-order valence-electron chi connectivity index (χ4n) is 1.80. The van der Waals surface area contributed by atoms with Crippen molar-refractivity contribution >= 4 is 15.9 Å². The van der Waals surface area contributed by atoms with Crippen LogP contribution in [0.4, 0.5) is 4.39 Å². The highest BCUT2D eigenvalue weighted by Gasteiger charge is 2.12. The van der Waals surface area contributed by atoms with E-state index in [4.69, 9.17) is 4.42 Å². The van der Waals surface area contributed by atoms with Crippen LogP contribution in [0.2, 0.25) is 0 Å². The van der Waals surface area contributed by atoms with Gasteiger partial charge in [0.25, 0.3) is 0 Å². The summed E-state index contributed by atoms with van der Waals surface area (Å²) in [4.78, 5) is 0. The van der Waals surface area contributed by atoms with Gasteiger partial charge in [-0.05, 0) is 52.7 Å². The fraction of sp³-hybridized carbons (Fsp3) is 0.286. The van der Waals surface area contributed by atoms with Gasteiger partial charge in [0.1, 0.15) is 11.6 Å². The number of hydrogen-bond acceptors (Lipinski definition) is 2. The molecule has 0 radical (unpaired) electrons. The third-order valence-corrected chi connectivity index (χ3v) is 3.30. The summed E-state index contributed by atoms with van der Waals surface area (Å²) in [5, 5.41) is 3.31. The summed E-state index contributed by atoms with van der Waals surface area (Å²) in [6, 6.07) is 6.58. The maximum Gasteiger partial charge on any atom is 0.148 e. The Balaban J connectivity index is 2.32. The van der Waals surface area contributed by atoms with Crippen LogP contribution < -0.4 is 5.32 Å². The zero-order valence-corrected chi connectivity index (χ0v) is 11.8. The predicted octanol–water partition coefficient (Wildman–Crippen LogP) is 4.35. The number of furan rings is 1. The highest BCUT2D eigenvalue weighted by atomic mass is 79.9. The lowest BCUT2D eigenvalue weighted by atomic mass is 10.0. The summed E-state index contributed by atoms with van der Waals surface area (Å²) in [6.07, 6.45) is 2.66. The molecule has 0 saturated heterocycles. The van der Waals surface area contributed by atoms with Gasteiger partial charge in [-0.1, -0.05) is 13.0 Å². The van der Waals surface area contributed by atoms with E-state index < -0.39 is 0 Å². The van der Waals surface area contributed by atoms with Gasteiger partial charge in [-0.2, -0.15) is 0 Å². The monoisotopic (exact) mass is 311 g/mol. The van der Waals surface area contributed by atoms with Crippen LogP contribution in [0.3, 0.4) is 0 Å². The first-order chi connectivity index (χ1) is 8.72. The second-order valence-corrected chi connectivity index (χ2v) is 4.93. The van der Waals surface area contributed by atoms with Crippen LogP contribution in [0.1, 0.15) is 18.9 Å². The summed E-state index contributed by atoms with van der Waals surface area (Å²) in [5.74, 6) is 0.412. The second kappa shape index (κ2) is 6.16. The normalized spacial score (nSPS) is 10.8. The number of nitrogens with one attached hydrogen (secondary N) is 1. The summed E-state index contributed by atoms with van der Waals surface area (Å²) in [5.41, 5.74) is 1.82. The third-order valence-electron chi connectivity index (χ3n) is 2.68. The standard InChI is InChI=1S/C14H15BrFNO/c1-2-6-17-9-10-3-4-11(16)8-12(10)14-13(15)5-7-18-14/h3-5,7-8,17H,2,6,9H2,1H3. The zero-order chi connectivity index (χ0) is 13.0. The van der Waals surface area contributed by atoms with E-state index >= 15 is 0 Å². The average molecular weight is 312 g/mol. The molecule has 0 saturated carbocycles. The van der Waals surface area contributed by atoms with E-state index in [0.717, 1.165) is 28.6 Å². The summed E-state index contributed by atoms with van der Waals surface area (Å²) in [7, 11) is 0. The molecular formula is C14H15BrFNO. The largest absolute Gasteiger partial charge is 0.463 e. The van der Waals surface area contributed by atoms with Crippen LogP contribution in [0.15, 0.2) is 39.4 Å². The van der Waals surface area contributed by atoms with Crippen molar-refractivity contribution in [3.8, 4) is 11.3 Å². The van der Waals surface area contributed by atoms with Crippen LogP contribution in [0.25, 0.3) is 11.3 Å². The molecular weight excluding hydrogens is 297 g/mol. The first kappa shape index (κ1) is 13.3. The minimum absolute atomic E-state index is 0.257. The maximum absolute atomic E-state index is 13.4. The molecule has 1 N–H and O–H groups in total. The Morgan fingerprint density at radius 1 is 1.33 bits per heavy atom. The maximum atomic E-state index is 13.4. The number of halogens is 2. The highest BCUT2D eigenvalue weighted by molar-refractivity contribution is 9.10. The fourth-order valence-corrected chi connectivity index (χ4v) is 2.21. The van der Waals surface area contributed by atoms with Crippen LogP contribution in [0, 0.1) is 5.82 Å². The van der Waals surface area contributed by atoms with Gasteiger partial charge in [0, 0.05) is 12.1 Å². The van der Waals surface area contributed by atoms with Crippen LogP contribution in [-0.2, 0) is 6.54 Å². The first-order valence-electron chi connectivity index (χ1n) is 5.95. The molecule has 2 aromatic rings. The van der Waals surface area contributed by atoms with Gasteiger partial charge in [-0.15, -0.1) is 0 Å². The van der Waals surface area contributed by atoms with E-state index in [9.17, 15) is 4.39 Å². The molecule has 0 aliphatic rings. The van der Waals surface area contributed by atoms with Crippen molar-refractivity contribution in [2.45, 2.75) is 19.9 Å². The number of hydrogen-bond donors (Lipinski definition) is 1. The van der Waals surface area contributed by atoms with Crippen molar-refractivity contribution in [1.29, 1.82) is 0 Å². The van der Waals surface area contributed by atoms with Crippen molar-refractivity contribution in [1.82, 2.24) is 5.32 Å². The minimum atomic E-state index is -0.257. The van der Waals surface area contributed by atoms with Gasteiger partial charge in [0.15, 0.2) is 0 Å². The Kier molecular flexibility index (Phi) is 4.55. The van der Waals surface area contributed by atoms with Gasteiger partial charge in [-0.3, -0.25) is 0 Å². The summed E-state index contributed by atoms with van der Waals surface area (Å²) >= 11 is 3.41. The minimum Gasteiger partial charge on any atom is -0.463 e. The van der Waals surface area contributed by atoms with Gasteiger partial charge in [0.05, 0.1) is 10.7 Å². The molecule has 0 unspecified atom stereocenters. The quantitative estimate of drug-likeness (QED) is 0.831. The summed E-state index contributed by atoms with van der Waals surface area (Å²) in [6.45, 7) is 3.76. The molecule has 2 nitrogen and oxygen atoms in total. The van der Waals surface area contributed by atoms with Crippen molar-refractivity contribution in [2.75, 3.05) is 6.54 Å². The molecule has 1 heterocycles. The predicted molar refractivity (Wildman–Crippen MR) is 73.8 cm³/mol. The third kappa shape index (κ3) is 3.00. The first-order valence-corrected chi connectivity index (χ1v) is 6.74. The SMILES string of the molecule is CCCNCc1ccc(F)cc1-c1occc1Br. The molecule has 18 heavy (non-hydrogen) atoms. The molecule has 0 spiro atoms. The van der Waals surface area contributed by atoms with E-state index in [2.05, 4.69) is 28.2 Å². The van der Waals surface area contributed by atoms with Gasteiger partial charge in [-0.25, -0.2) is 4.39 Å². The lowest BCUT2D eigenvalue weighted by molar-refractivity contribution is 0.576. The van der Waals surface area contributed by atoms with Crippen molar-refractivity contribution in [3.63, 3.8) is 0 Å². The van der Waals surface area contributed by atoms with Crippen LogP contribution >= 0.6 is 15.9 Å². The van der Waals surface area contributed by atoms with E-state index in [0.29, 0.717) is 12.3 Å². The molecule has 0 bridgehead atoms. The number of benzene rings is 1. The van der Waals surface area contributed by atoms with Crippen molar-refractivity contribution < 1.29 is 8.81 Å². The van der Waals surface area contributed by atoms with Crippen LogP contribution in [0.5, 0.6) is 0 Å². The molecule has 0 aliphatic carbocycles. The zero-order valence-electron chi connectivity index (χ0n) is 10.2. The van der Waals surface area contributed by atoms with Crippen molar-refractivity contribution in [2.24, 2.45) is 0 Å². The Morgan fingerprint density at radius 2 is 2.17 bits per heavy atom. The molecule has 2 rings (SSSR count).